The van der Waals surface area contributed by atoms with Gasteiger partial charge in [-0.15, -0.1) is 0 Å². The van der Waals surface area contributed by atoms with Gasteiger partial charge in [-0.3, -0.25) is 9.59 Å². The smallest absolute Gasteiger partial charge is 0.339 e. The van der Waals surface area contributed by atoms with Gasteiger partial charge < -0.3 is 33.8 Å². The van der Waals surface area contributed by atoms with Gasteiger partial charge in [0, 0.05) is 43.0 Å². The third-order valence-electron chi connectivity index (χ3n) is 8.82. The number of nitrogens with zero attached hydrogens (tertiary/aromatic N) is 2. The highest BCUT2D eigenvalue weighted by Gasteiger charge is 2.32. The zero-order valence-electron chi connectivity index (χ0n) is 30.5. The second-order valence-corrected chi connectivity index (χ2v) is 18.1. The summed E-state index contributed by atoms with van der Waals surface area (Å²) in [5.74, 6) is -1.45. The molecule has 2 heterocycles. The molecule has 0 bridgehead atoms. The van der Waals surface area contributed by atoms with Crippen molar-refractivity contribution < 1.29 is 58.0 Å². The van der Waals surface area contributed by atoms with Crippen molar-refractivity contribution >= 4 is 65.0 Å². The number of amides is 2. The lowest BCUT2D eigenvalue weighted by Gasteiger charge is -2.26. The highest BCUT2D eigenvalue weighted by atomic mass is 35.5. The number of hydrogen-bond acceptors (Lipinski definition) is 13. The van der Waals surface area contributed by atoms with E-state index < -0.39 is 42.0 Å². The van der Waals surface area contributed by atoms with E-state index in [2.05, 4.69) is 10.6 Å². The molecular weight excluding hydrogens is 828 g/mol. The maximum atomic E-state index is 13.4. The molecule has 17 nitrogen and oxygen atoms in total. The van der Waals surface area contributed by atoms with Crippen LogP contribution < -0.4 is 24.3 Å². The van der Waals surface area contributed by atoms with E-state index in [-0.39, 0.29) is 112 Å². The van der Waals surface area contributed by atoms with E-state index in [0.717, 1.165) is 12.1 Å². The molecule has 2 amide bonds. The fourth-order valence-corrected chi connectivity index (χ4v) is 10.1. The Hall–Kier alpha value is -4.80. The van der Waals surface area contributed by atoms with Crippen LogP contribution in [0.5, 0.6) is 17.2 Å². The molecule has 0 unspecified atom stereocenters. The minimum atomic E-state index is -4.50. The first kappa shape index (κ1) is 41.8. The standard InChI is InChI=1S/C36H37ClN4O13S3/c1-50-31-11-3-24(21-33(31)55(44,45)40-13-17-52-18-14-40)35(42)38-26-5-7-27(8-6-26)54-57(48,49)28-9-10-29(37)30(23-28)39-36(43)25-4-12-32(51-2)34(22-25)56(46,47)41-15-19-53-20-16-41/h3-12,21-23H,13-20H2,1-2H3,(H,38,42)(H,39,43). The largest absolute Gasteiger partial charge is 0.495 e. The molecule has 0 spiro atoms. The lowest BCUT2D eigenvalue weighted by atomic mass is 10.2. The summed E-state index contributed by atoms with van der Waals surface area (Å²) in [4.78, 5) is 25.7. The normalized spacial score (nSPS) is 15.7. The molecule has 0 aromatic heterocycles. The number of halogens is 1. The van der Waals surface area contributed by atoms with Crippen LogP contribution in [0.4, 0.5) is 11.4 Å². The number of nitrogens with one attached hydrogen (secondary N) is 2. The van der Waals surface area contributed by atoms with Crippen molar-refractivity contribution in [1.82, 2.24) is 8.61 Å². The quantitative estimate of drug-likeness (QED) is 0.184. The van der Waals surface area contributed by atoms with E-state index in [9.17, 15) is 34.8 Å². The Labute approximate surface area is 334 Å². The van der Waals surface area contributed by atoms with Gasteiger partial charge in [-0.2, -0.15) is 17.0 Å². The lowest BCUT2D eigenvalue weighted by Crippen LogP contribution is -2.40. The van der Waals surface area contributed by atoms with Gasteiger partial charge >= 0.3 is 10.1 Å². The van der Waals surface area contributed by atoms with Crippen LogP contribution in [0.3, 0.4) is 0 Å². The molecular formula is C36H37ClN4O13S3. The molecule has 0 saturated carbocycles. The maximum absolute atomic E-state index is 13.4. The molecule has 2 N–H and O–H groups in total. The predicted octanol–water partition coefficient (Wildman–Crippen LogP) is 3.67. The molecule has 0 aliphatic carbocycles. The molecule has 0 atom stereocenters. The summed E-state index contributed by atoms with van der Waals surface area (Å²) in [5, 5.41) is 5.15. The summed E-state index contributed by atoms with van der Waals surface area (Å²) < 4.78 is 109. The molecule has 4 aromatic rings. The molecule has 2 aliphatic heterocycles. The van der Waals surface area contributed by atoms with Gasteiger partial charge in [-0.25, -0.2) is 16.8 Å². The van der Waals surface area contributed by atoms with Gasteiger partial charge in [-0.1, -0.05) is 11.6 Å². The van der Waals surface area contributed by atoms with Crippen LogP contribution in [-0.4, -0.2) is 113 Å². The van der Waals surface area contributed by atoms with Crippen molar-refractivity contribution in [2.24, 2.45) is 0 Å². The molecule has 57 heavy (non-hydrogen) atoms. The first-order valence-corrected chi connectivity index (χ1v) is 21.8. The number of benzene rings is 4. The third kappa shape index (κ3) is 9.34. The number of methoxy groups -OCH3 is 2. The van der Waals surface area contributed by atoms with Crippen LogP contribution in [0, 0.1) is 0 Å². The second kappa shape index (κ2) is 17.4. The molecule has 2 aliphatic rings. The number of rotatable bonds is 13. The topological polar surface area (TPSA) is 213 Å². The van der Waals surface area contributed by atoms with E-state index in [4.69, 9.17) is 34.7 Å². The number of anilines is 2. The second-order valence-electron chi connectivity index (χ2n) is 12.4. The lowest BCUT2D eigenvalue weighted by molar-refractivity contribution is 0.0729. The molecule has 0 radical (unpaired) electrons. The fraction of sp³-hybridized carbons (Fsp3) is 0.278. The van der Waals surface area contributed by atoms with Gasteiger partial charge in [0.05, 0.1) is 51.4 Å². The van der Waals surface area contributed by atoms with E-state index in [1.807, 2.05) is 0 Å². The van der Waals surface area contributed by atoms with Gasteiger partial charge in [0.25, 0.3) is 11.8 Å². The average molecular weight is 865 g/mol. The van der Waals surface area contributed by atoms with Crippen LogP contribution in [-0.2, 0) is 39.6 Å². The molecule has 21 heteroatoms. The maximum Gasteiger partial charge on any atom is 0.339 e. The minimum absolute atomic E-state index is 0.0141. The number of carbonyl (C=O) groups is 2. The molecule has 4 aromatic carbocycles. The highest BCUT2D eigenvalue weighted by Crippen LogP contribution is 2.32. The Bertz CT molecular complexity index is 2490. The summed E-state index contributed by atoms with van der Waals surface area (Å²) >= 11 is 6.31. The van der Waals surface area contributed by atoms with E-state index >= 15 is 0 Å². The number of ether oxygens (including phenoxy) is 4. The van der Waals surface area contributed by atoms with Crippen LogP contribution in [0.2, 0.25) is 5.02 Å². The Balaban J connectivity index is 1.14. The summed E-state index contributed by atoms with van der Waals surface area (Å²) in [6, 6.07) is 16.7. The zero-order chi connectivity index (χ0) is 41.0. The summed E-state index contributed by atoms with van der Waals surface area (Å²) in [5.41, 5.74) is 0.105. The van der Waals surface area contributed by atoms with Crippen LogP contribution in [0.25, 0.3) is 0 Å². The van der Waals surface area contributed by atoms with Crippen molar-refractivity contribution in [3.63, 3.8) is 0 Å². The summed E-state index contributed by atoms with van der Waals surface area (Å²) in [7, 11) is -9.93. The summed E-state index contributed by atoms with van der Waals surface area (Å²) in [6.07, 6.45) is 0. The highest BCUT2D eigenvalue weighted by molar-refractivity contribution is 7.89. The van der Waals surface area contributed by atoms with E-state index in [1.165, 1.54) is 89.6 Å². The number of morpholine rings is 2. The zero-order valence-corrected chi connectivity index (χ0v) is 33.7. The molecule has 2 fully saturated rings. The molecule has 304 valence electrons. The third-order valence-corrected chi connectivity index (χ3v) is 14.2. The Morgan fingerprint density at radius 3 is 1.58 bits per heavy atom. The van der Waals surface area contributed by atoms with Crippen molar-refractivity contribution in [1.29, 1.82) is 0 Å². The van der Waals surface area contributed by atoms with E-state index in [0.29, 0.717) is 0 Å². The van der Waals surface area contributed by atoms with Crippen molar-refractivity contribution in [3.05, 3.63) is 95.0 Å². The van der Waals surface area contributed by atoms with Crippen molar-refractivity contribution in [2.45, 2.75) is 14.7 Å². The van der Waals surface area contributed by atoms with E-state index in [1.54, 1.807) is 0 Å². The number of hydrogen-bond donors (Lipinski definition) is 2. The van der Waals surface area contributed by atoms with Gasteiger partial charge in [0.1, 0.15) is 31.9 Å². The van der Waals surface area contributed by atoms with Gasteiger partial charge in [0.15, 0.2) is 0 Å². The fourth-order valence-electron chi connectivity index (χ4n) is 5.81. The monoisotopic (exact) mass is 864 g/mol. The SMILES string of the molecule is COc1ccc(C(=O)Nc2ccc(OS(=O)(=O)c3ccc(Cl)c(NC(=O)c4ccc(OC)c(S(=O)(=O)N5CCOCC5)c4)c3)cc2)cc1S(=O)(=O)N1CCOCC1. The summed E-state index contributed by atoms with van der Waals surface area (Å²) in [6.45, 7) is 1.46. The van der Waals surface area contributed by atoms with Crippen LogP contribution in [0.15, 0.2) is 93.5 Å². The first-order chi connectivity index (χ1) is 27.1. The average Bonchev–Trinajstić information content (AvgIpc) is 3.22. The van der Waals surface area contributed by atoms with Gasteiger partial charge in [-0.05, 0) is 78.9 Å². The van der Waals surface area contributed by atoms with Gasteiger partial charge in [0.2, 0.25) is 20.0 Å². The first-order valence-electron chi connectivity index (χ1n) is 17.1. The Morgan fingerprint density at radius 1 is 0.632 bits per heavy atom. The molecule has 6 rings (SSSR count). The van der Waals surface area contributed by atoms with Crippen molar-refractivity contribution in [3.8, 4) is 17.2 Å². The minimum Gasteiger partial charge on any atom is -0.495 e. The van der Waals surface area contributed by atoms with Crippen LogP contribution in [0.1, 0.15) is 20.7 Å². The Morgan fingerprint density at radius 2 is 1.11 bits per heavy atom. The number of carbonyl (C=O) groups excluding carboxylic acids is 2. The van der Waals surface area contributed by atoms with Crippen LogP contribution >= 0.6 is 11.6 Å². The Kier molecular flexibility index (Phi) is 12.7. The predicted molar refractivity (Wildman–Crippen MR) is 207 cm³/mol. The van der Waals surface area contributed by atoms with Crippen molar-refractivity contribution in [2.75, 3.05) is 77.5 Å². The molecule has 2 saturated heterocycles. The number of sulfonamides is 2.